The first-order valence-corrected chi connectivity index (χ1v) is 10.1. The number of rotatable bonds is 7. The van der Waals surface area contributed by atoms with Gasteiger partial charge in [-0.15, -0.1) is 10.2 Å². The number of aromatic nitrogens is 2. The molecule has 136 valence electrons. The summed E-state index contributed by atoms with van der Waals surface area (Å²) in [5.41, 5.74) is 5.83. The number of nitrogens with two attached hydrogens (primary N) is 1. The van der Waals surface area contributed by atoms with Crippen LogP contribution in [-0.4, -0.2) is 55.8 Å². The predicted molar refractivity (Wildman–Crippen MR) is 97.5 cm³/mol. The zero-order valence-electron chi connectivity index (χ0n) is 13.7. The number of nitrogens with zero attached hydrogens (tertiary/aromatic N) is 3. The fourth-order valence-electron chi connectivity index (χ4n) is 1.76. The summed E-state index contributed by atoms with van der Waals surface area (Å²) in [5, 5.41) is 10.4. The quantitative estimate of drug-likeness (QED) is 0.658. The van der Waals surface area contributed by atoms with Crippen molar-refractivity contribution >= 4 is 49.8 Å². The number of hydrogen-bond donors (Lipinski definition) is 2. The Balaban J connectivity index is 2.13. The molecule has 1 aromatic carbocycles. The average Bonchev–Trinajstić information content (AvgIpc) is 2.98. The van der Waals surface area contributed by atoms with Crippen molar-refractivity contribution in [2.75, 3.05) is 38.0 Å². The molecule has 0 unspecified atom stereocenters. The number of carbonyl (C=O) groups is 1. The fourth-order valence-corrected chi connectivity index (χ4v) is 4.27. The molecule has 0 saturated carbocycles. The Morgan fingerprint density at radius 3 is 2.68 bits per heavy atom. The number of hydrogen-bond acceptors (Lipinski definition) is 9. The lowest BCUT2D eigenvalue weighted by Gasteiger charge is -2.15. The molecule has 2 rings (SSSR count). The monoisotopic (exact) mass is 403 g/mol. The van der Waals surface area contributed by atoms with Crippen molar-refractivity contribution in [3.05, 3.63) is 18.2 Å². The summed E-state index contributed by atoms with van der Waals surface area (Å²) in [4.78, 5) is 12.0. The van der Waals surface area contributed by atoms with E-state index >= 15 is 0 Å². The molecule has 1 aromatic heterocycles. The minimum absolute atomic E-state index is 0.0256. The van der Waals surface area contributed by atoms with Crippen molar-refractivity contribution in [1.29, 1.82) is 0 Å². The number of sulfonamides is 1. The van der Waals surface area contributed by atoms with E-state index in [0.717, 1.165) is 4.31 Å². The summed E-state index contributed by atoms with van der Waals surface area (Å²) in [7, 11) is 0.515. The van der Waals surface area contributed by atoms with E-state index in [4.69, 9.17) is 10.5 Å². The normalized spacial score (nSPS) is 11.5. The van der Waals surface area contributed by atoms with Crippen LogP contribution in [0.2, 0.25) is 0 Å². The van der Waals surface area contributed by atoms with Crippen molar-refractivity contribution in [3.63, 3.8) is 0 Å². The van der Waals surface area contributed by atoms with Crippen molar-refractivity contribution in [2.24, 2.45) is 0 Å². The van der Waals surface area contributed by atoms with Gasteiger partial charge < -0.3 is 15.8 Å². The van der Waals surface area contributed by atoms with Crippen molar-refractivity contribution in [1.82, 2.24) is 14.5 Å². The third-order valence-corrected chi connectivity index (χ3v) is 6.68. The molecule has 1 amide bonds. The Hall–Kier alpha value is -1.89. The number of anilines is 2. The molecule has 3 N–H and O–H groups in total. The average molecular weight is 404 g/mol. The molecule has 0 aliphatic carbocycles. The van der Waals surface area contributed by atoms with E-state index in [1.165, 1.54) is 56.4 Å². The summed E-state index contributed by atoms with van der Waals surface area (Å²) >= 11 is 2.38. The highest BCUT2D eigenvalue weighted by Crippen LogP contribution is 2.29. The van der Waals surface area contributed by atoms with Gasteiger partial charge in [0.25, 0.3) is 0 Å². The van der Waals surface area contributed by atoms with Gasteiger partial charge in [-0.2, -0.15) is 0 Å². The second kappa shape index (κ2) is 7.99. The molecule has 0 spiro atoms. The summed E-state index contributed by atoms with van der Waals surface area (Å²) < 4.78 is 31.5. The van der Waals surface area contributed by atoms with Gasteiger partial charge in [0.15, 0.2) is 4.34 Å². The summed E-state index contributed by atoms with van der Waals surface area (Å²) in [6.07, 6.45) is 0. The lowest BCUT2D eigenvalue weighted by Crippen LogP contribution is -2.23. The van der Waals surface area contributed by atoms with Crippen LogP contribution in [0.5, 0.6) is 5.75 Å². The summed E-state index contributed by atoms with van der Waals surface area (Å²) in [6, 6.07) is 4.42. The van der Waals surface area contributed by atoms with Gasteiger partial charge >= 0.3 is 0 Å². The van der Waals surface area contributed by atoms with Crippen molar-refractivity contribution in [3.8, 4) is 5.75 Å². The maximum Gasteiger partial charge on any atom is 0.246 e. The molecule has 0 atom stereocenters. The van der Waals surface area contributed by atoms with E-state index in [-0.39, 0.29) is 22.3 Å². The lowest BCUT2D eigenvalue weighted by atomic mass is 10.3. The molecule has 0 bridgehead atoms. The standard InChI is InChI=1S/C13H17N5O4S3/c1-18(2)25(20,21)10-6-8(4-5-9(10)22-3)15-11(19)7-23-13-17-16-12(14)24-13/h4-6H,7H2,1-3H3,(H2,14,16)(H,15,19). The zero-order chi connectivity index (χ0) is 18.6. The number of nitrogens with one attached hydrogen (secondary N) is 1. The molecule has 12 heteroatoms. The Labute approximate surface area is 153 Å². The van der Waals surface area contributed by atoms with Crippen LogP contribution in [0.3, 0.4) is 0 Å². The predicted octanol–water partition coefficient (Wildman–Crippen LogP) is 1.11. The van der Waals surface area contributed by atoms with Crippen LogP contribution in [0, 0.1) is 0 Å². The first-order chi connectivity index (χ1) is 11.7. The first-order valence-electron chi connectivity index (χ1n) is 6.86. The number of methoxy groups -OCH3 is 1. The number of benzene rings is 1. The van der Waals surface area contributed by atoms with Crippen molar-refractivity contribution < 1.29 is 17.9 Å². The smallest absolute Gasteiger partial charge is 0.246 e. The molecular formula is C13H17N5O4S3. The number of ether oxygens (including phenoxy) is 1. The second-order valence-corrected chi connectivity index (χ2v) is 9.25. The molecule has 0 fully saturated rings. The molecule has 0 aliphatic heterocycles. The van der Waals surface area contributed by atoms with Crippen LogP contribution in [0.4, 0.5) is 10.8 Å². The third kappa shape index (κ3) is 4.81. The van der Waals surface area contributed by atoms with Gasteiger partial charge in [0.05, 0.1) is 12.9 Å². The maximum atomic E-state index is 12.4. The van der Waals surface area contributed by atoms with E-state index in [1.54, 1.807) is 6.07 Å². The van der Waals surface area contributed by atoms with E-state index in [0.29, 0.717) is 15.2 Å². The Morgan fingerprint density at radius 2 is 2.12 bits per heavy atom. The molecule has 0 radical (unpaired) electrons. The second-order valence-electron chi connectivity index (χ2n) is 4.90. The molecule has 0 saturated heterocycles. The van der Waals surface area contributed by atoms with E-state index in [2.05, 4.69) is 15.5 Å². The number of carbonyl (C=O) groups excluding carboxylic acids is 1. The fraction of sp³-hybridized carbons (Fsp3) is 0.308. The lowest BCUT2D eigenvalue weighted by molar-refractivity contribution is -0.113. The number of nitrogen functional groups attached to an aromatic ring is 1. The Bertz CT molecular complexity index is 866. The largest absolute Gasteiger partial charge is 0.495 e. The highest BCUT2D eigenvalue weighted by Gasteiger charge is 2.23. The van der Waals surface area contributed by atoms with Crippen LogP contribution in [0.15, 0.2) is 27.4 Å². The van der Waals surface area contributed by atoms with Crippen LogP contribution >= 0.6 is 23.1 Å². The topological polar surface area (TPSA) is 128 Å². The molecule has 25 heavy (non-hydrogen) atoms. The highest BCUT2D eigenvalue weighted by molar-refractivity contribution is 8.01. The summed E-state index contributed by atoms with van der Waals surface area (Å²) in [5.74, 6) is -0.0151. The minimum atomic E-state index is -3.71. The third-order valence-electron chi connectivity index (χ3n) is 2.95. The van der Waals surface area contributed by atoms with E-state index in [1.807, 2.05) is 0 Å². The van der Waals surface area contributed by atoms with E-state index < -0.39 is 10.0 Å². The van der Waals surface area contributed by atoms with Crippen LogP contribution in [0.1, 0.15) is 0 Å². The molecule has 2 aromatic rings. The van der Waals surface area contributed by atoms with Gasteiger partial charge in [-0.3, -0.25) is 4.79 Å². The Kier molecular flexibility index (Phi) is 6.21. The van der Waals surface area contributed by atoms with Crippen LogP contribution in [-0.2, 0) is 14.8 Å². The van der Waals surface area contributed by atoms with Gasteiger partial charge in [0.1, 0.15) is 10.6 Å². The van der Waals surface area contributed by atoms with Gasteiger partial charge in [0, 0.05) is 19.8 Å². The maximum absolute atomic E-state index is 12.4. The van der Waals surface area contributed by atoms with Crippen LogP contribution in [0.25, 0.3) is 0 Å². The highest BCUT2D eigenvalue weighted by atomic mass is 32.2. The minimum Gasteiger partial charge on any atom is -0.495 e. The summed E-state index contributed by atoms with van der Waals surface area (Å²) in [6.45, 7) is 0. The first kappa shape index (κ1) is 19.4. The molecule has 9 nitrogen and oxygen atoms in total. The van der Waals surface area contributed by atoms with Gasteiger partial charge in [-0.05, 0) is 18.2 Å². The van der Waals surface area contributed by atoms with E-state index in [9.17, 15) is 13.2 Å². The van der Waals surface area contributed by atoms with Crippen molar-refractivity contribution in [2.45, 2.75) is 9.24 Å². The number of thioether (sulfide) groups is 1. The zero-order valence-corrected chi connectivity index (χ0v) is 16.2. The molecule has 0 aliphatic rings. The molecular weight excluding hydrogens is 386 g/mol. The van der Waals surface area contributed by atoms with Gasteiger partial charge in [0.2, 0.25) is 21.1 Å². The SMILES string of the molecule is COc1ccc(NC(=O)CSc2nnc(N)s2)cc1S(=O)(=O)N(C)C. The number of amides is 1. The molecule has 1 heterocycles. The van der Waals surface area contributed by atoms with Gasteiger partial charge in [-0.1, -0.05) is 23.1 Å². The van der Waals surface area contributed by atoms with Gasteiger partial charge in [-0.25, -0.2) is 12.7 Å². The van der Waals surface area contributed by atoms with Crippen LogP contribution < -0.4 is 15.8 Å². The Morgan fingerprint density at radius 1 is 1.40 bits per heavy atom.